The number of aromatic nitrogens is 1. The minimum absolute atomic E-state index is 0.142. The largest absolute Gasteiger partial charge is 0.379 e. The zero-order chi connectivity index (χ0) is 13.6. The van der Waals surface area contributed by atoms with E-state index in [2.05, 4.69) is 30.8 Å². The van der Waals surface area contributed by atoms with Gasteiger partial charge < -0.3 is 10.5 Å². The second-order valence-corrected chi connectivity index (χ2v) is 5.33. The fraction of sp³-hybridized carbons (Fsp3) is 0.643. The third kappa shape index (κ3) is 4.72. The van der Waals surface area contributed by atoms with Gasteiger partial charge in [0.05, 0.1) is 5.60 Å². The summed E-state index contributed by atoms with van der Waals surface area (Å²) in [5, 5.41) is 0. The number of nitrogens with zero attached hydrogens (tertiary/aromatic N) is 2. The lowest BCUT2D eigenvalue weighted by Gasteiger charge is -2.33. The molecule has 2 N–H and O–H groups in total. The van der Waals surface area contributed by atoms with E-state index >= 15 is 0 Å². The van der Waals surface area contributed by atoms with Gasteiger partial charge in [-0.05, 0) is 45.0 Å². The van der Waals surface area contributed by atoms with E-state index in [0.717, 1.165) is 13.0 Å². The summed E-state index contributed by atoms with van der Waals surface area (Å²) in [6, 6.07) is 4.38. The van der Waals surface area contributed by atoms with Crippen LogP contribution in [0.5, 0.6) is 0 Å². The Morgan fingerprint density at radius 2 is 2.00 bits per heavy atom. The highest BCUT2D eigenvalue weighted by Crippen LogP contribution is 2.19. The molecule has 0 saturated carbocycles. The summed E-state index contributed by atoms with van der Waals surface area (Å²) in [4.78, 5) is 6.30. The van der Waals surface area contributed by atoms with Gasteiger partial charge in [-0.2, -0.15) is 0 Å². The first-order chi connectivity index (χ1) is 8.48. The zero-order valence-corrected chi connectivity index (χ0v) is 11.9. The van der Waals surface area contributed by atoms with Gasteiger partial charge in [0.2, 0.25) is 0 Å². The van der Waals surface area contributed by atoms with Crippen LogP contribution in [0.15, 0.2) is 24.5 Å². The molecule has 0 aliphatic carbocycles. The average Bonchev–Trinajstić information content (AvgIpc) is 2.37. The third-order valence-corrected chi connectivity index (χ3v) is 3.36. The number of pyridine rings is 1. The van der Waals surface area contributed by atoms with Gasteiger partial charge in [0.15, 0.2) is 0 Å². The molecule has 18 heavy (non-hydrogen) atoms. The summed E-state index contributed by atoms with van der Waals surface area (Å²) in [7, 11) is 3.85. The molecule has 4 heteroatoms. The minimum Gasteiger partial charge on any atom is -0.379 e. The highest BCUT2D eigenvalue weighted by molar-refractivity contribution is 5.09. The van der Waals surface area contributed by atoms with Crippen molar-refractivity contribution in [3.8, 4) is 0 Å². The number of methoxy groups -OCH3 is 1. The van der Waals surface area contributed by atoms with Crippen LogP contribution in [0.25, 0.3) is 0 Å². The van der Waals surface area contributed by atoms with Crippen molar-refractivity contribution in [1.82, 2.24) is 9.88 Å². The van der Waals surface area contributed by atoms with Gasteiger partial charge in [0.25, 0.3) is 0 Å². The molecule has 0 amide bonds. The fourth-order valence-electron chi connectivity index (χ4n) is 1.98. The summed E-state index contributed by atoms with van der Waals surface area (Å²) in [6.07, 6.45) is 4.56. The standard InChI is InChI=1S/C14H25N3O/c1-14(2,18-4)9-13(10-15)17(3)11-12-5-7-16-8-6-12/h5-8,13H,9-11,15H2,1-4H3. The first-order valence-corrected chi connectivity index (χ1v) is 6.33. The Balaban J connectivity index is 2.60. The molecule has 0 bridgehead atoms. The average molecular weight is 251 g/mol. The maximum atomic E-state index is 5.88. The second kappa shape index (κ2) is 6.83. The van der Waals surface area contributed by atoms with E-state index in [-0.39, 0.29) is 5.60 Å². The number of likely N-dealkylation sites (N-methyl/N-ethyl adjacent to an activating group) is 1. The topological polar surface area (TPSA) is 51.4 Å². The minimum atomic E-state index is -0.142. The predicted octanol–water partition coefficient (Wildman–Crippen LogP) is 1.66. The molecule has 1 rings (SSSR count). The maximum Gasteiger partial charge on any atom is 0.0638 e. The quantitative estimate of drug-likeness (QED) is 0.800. The van der Waals surface area contributed by atoms with Gasteiger partial charge in [-0.3, -0.25) is 9.88 Å². The van der Waals surface area contributed by atoms with Crippen LogP contribution in [0.1, 0.15) is 25.8 Å². The molecule has 1 atom stereocenters. The van der Waals surface area contributed by atoms with Crippen LogP contribution in [0.2, 0.25) is 0 Å². The van der Waals surface area contributed by atoms with Crippen LogP contribution >= 0.6 is 0 Å². The smallest absolute Gasteiger partial charge is 0.0638 e. The monoisotopic (exact) mass is 251 g/mol. The number of hydrogen-bond donors (Lipinski definition) is 1. The Hall–Kier alpha value is -0.970. The molecule has 0 spiro atoms. The van der Waals surface area contributed by atoms with Gasteiger partial charge in [-0.15, -0.1) is 0 Å². The molecule has 0 radical (unpaired) electrons. The first kappa shape index (κ1) is 15.1. The van der Waals surface area contributed by atoms with Gasteiger partial charge in [-0.25, -0.2) is 0 Å². The summed E-state index contributed by atoms with van der Waals surface area (Å²) in [5.41, 5.74) is 6.99. The van der Waals surface area contributed by atoms with Crippen molar-refractivity contribution in [2.75, 3.05) is 20.7 Å². The number of ether oxygens (including phenoxy) is 1. The molecular formula is C14H25N3O. The molecule has 1 unspecified atom stereocenters. The Kier molecular flexibility index (Phi) is 5.72. The summed E-state index contributed by atoms with van der Waals surface area (Å²) in [5.74, 6) is 0. The highest BCUT2D eigenvalue weighted by atomic mass is 16.5. The van der Waals surface area contributed by atoms with Gasteiger partial charge in [0, 0.05) is 38.6 Å². The Labute approximate surface area is 110 Å². The Morgan fingerprint density at radius 3 is 2.50 bits per heavy atom. The van der Waals surface area contributed by atoms with E-state index in [4.69, 9.17) is 10.5 Å². The predicted molar refractivity (Wildman–Crippen MR) is 74.3 cm³/mol. The van der Waals surface area contributed by atoms with Crippen molar-refractivity contribution >= 4 is 0 Å². The van der Waals surface area contributed by atoms with Gasteiger partial charge >= 0.3 is 0 Å². The van der Waals surface area contributed by atoms with Crippen molar-refractivity contribution in [3.05, 3.63) is 30.1 Å². The van der Waals surface area contributed by atoms with Crippen molar-refractivity contribution < 1.29 is 4.74 Å². The molecule has 0 aliphatic rings. The van der Waals surface area contributed by atoms with Crippen LogP contribution in [0.3, 0.4) is 0 Å². The molecular weight excluding hydrogens is 226 g/mol. The molecule has 0 saturated heterocycles. The lowest BCUT2D eigenvalue weighted by Crippen LogP contribution is -2.43. The number of nitrogens with two attached hydrogens (primary N) is 1. The first-order valence-electron chi connectivity index (χ1n) is 6.33. The van der Waals surface area contributed by atoms with E-state index in [1.807, 2.05) is 24.5 Å². The molecule has 1 heterocycles. The molecule has 1 aromatic heterocycles. The van der Waals surface area contributed by atoms with Crippen molar-refractivity contribution in [2.24, 2.45) is 5.73 Å². The Bertz CT molecular complexity index is 340. The summed E-state index contributed by atoms with van der Waals surface area (Å²) >= 11 is 0. The lowest BCUT2D eigenvalue weighted by atomic mass is 9.97. The van der Waals surface area contributed by atoms with Crippen molar-refractivity contribution in [1.29, 1.82) is 0 Å². The molecule has 1 aromatic rings. The van der Waals surface area contributed by atoms with Crippen LogP contribution in [-0.2, 0) is 11.3 Å². The van der Waals surface area contributed by atoms with Gasteiger partial charge in [0.1, 0.15) is 0 Å². The van der Waals surface area contributed by atoms with Crippen LogP contribution < -0.4 is 5.73 Å². The summed E-state index contributed by atoms with van der Waals surface area (Å²) < 4.78 is 5.48. The van der Waals surface area contributed by atoms with Crippen molar-refractivity contribution in [3.63, 3.8) is 0 Å². The summed E-state index contributed by atoms with van der Waals surface area (Å²) in [6.45, 7) is 5.70. The SMILES string of the molecule is COC(C)(C)CC(CN)N(C)Cc1ccncc1. The fourth-order valence-corrected chi connectivity index (χ4v) is 1.98. The zero-order valence-electron chi connectivity index (χ0n) is 11.9. The van der Waals surface area contributed by atoms with Crippen LogP contribution in [0, 0.1) is 0 Å². The Morgan fingerprint density at radius 1 is 1.39 bits per heavy atom. The van der Waals surface area contributed by atoms with Crippen LogP contribution in [0.4, 0.5) is 0 Å². The normalized spacial score (nSPS) is 13.9. The third-order valence-electron chi connectivity index (χ3n) is 3.36. The number of hydrogen-bond acceptors (Lipinski definition) is 4. The van der Waals surface area contributed by atoms with E-state index in [1.165, 1.54) is 5.56 Å². The van der Waals surface area contributed by atoms with E-state index in [0.29, 0.717) is 12.6 Å². The molecule has 0 aromatic carbocycles. The van der Waals surface area contributed by atoms with E-state index in [1.54, 1.807) is 7.11 Å². The van der Waals surface area contributed by atoms with E-state index in [9.17, 15) is 0 Å². The second-order valence-electron chi connectivity index (χ2n) is 5.33. The molecule has 0 aliphatic heterocycles. The van der Waals surface area contributed by atoms with Crippen LogP contribution in [-0.4, -0.2) is 42.2 Å². The highest BCUT2D eigenvalue weighted by Gasteiger charge is 2.24. The van der Waals surface area contributed by atoms with E-state index < -0.39 is 0 Å². The molecule has 102 valence electrons. The molecule has 0 fully saturated rings. The lowest BCUT2D eigenvalue weighted by molar-refractivity contribution is -0.00539. The van der Waals surface area contributed by atoms with Gasteiger partial charge in [-0.1, -0.05) is 0 Å². The number of rotatable bonds is 7. The van der Waals surface area contributed by atoms with Crippen molar-refractivity contribution in [2.45, 2.75) is 38.5 Å². The maximum absolute atomic E-state index is 5.88. The molecule has 4 nitrogen and oxygen atoms in total.